The van der Waals surface area contributed by atoms with E-state index in [0.717, 1.165) is 43.4 Å². The highest BCUT2D eigenvalue weighted by atomic mass is 127. The lowest BCUT2D eigenvalue weighted by atomic mass is 9.82. The molecule has 0 saturated heterocycles. The highest BCUT2D eigenvalue weighted by Crippen LogP contribution is 2.24. The first-order chi connectivity index (χ1) is 15.9. The lowest BCUT2D eigenvalue weighted by Gasteiger charge is -2.30. The van der Waals surface area contributed by atoms with Crippen molar-refractivity contribution in [3.8, 4) is 0 Å². The Kier molecular flexibility index (Phi) is 11.8. The van der Waals surface area contributed by atoms with Crippen LogP contribution in [0.5, 0.6) is 0 Å². The first-order valence-corrected chi connectivity index (χ1v) is 11.7. The second kappa shape index (κ2) is 14.3. The van der Waals surface area contributed by atoms with Gasteiger partial charge in [-0.25, -0.2) is 9.18 Å². The lowest BCUT2D eigenvalue weighted by molar-refractivity contribution is 0.251. The molecule has 0 aromatic heterocycles. The van der Waals surface area contributed by atoms with E-state index in [1.54, 1.807) is 12.1 Å². The van der Waals surface area contributed by atoms with Crippen LogP contribution in [0, 0.1) is 5.82 Å². The van der Waals surface area contributed by atoms with Crippen LogP contribution in [0.25, 0.3) is 0 Å². The predicted molar refractivity (Wildman–Crippen MR) is 150 cm³/mol. The van der Waals surface area contributed by atoms with E-state index >= 15 is 0 Å². The van der Waals surface area contributed by atoms with Crippen molar-refractivity contribution in [1.29, 1.82) is 0 Å². The number of halogens is 3. The quantitative estimate of drug-likeness (QED) is 0.166. The first kappa shape index (κ1) is 28.1. The molecule has 3 rings (SSSR count). The molecule has 3 aromatic carbocycles. The number of nitrogens with two attached hydrogens (primary N) is 1. The number of anilines is 1. The van der Waals surface area contributed by atoms with Gasteiger partial charge in [0.25, 0.3) is 0 Å². The van der Waals surface area contributed by atoms with Crippen LogP contribution in [0.3, 0.4) is 0 Å². The Morgan fingerprint density at radius 3 is 2.35 bits per heavy atom. The van der Waals surface area contributed by atoms with Crippen molar-refractivity contribution >= 4 is 47.3 Å². The summed E-state index contributed by atoms with van der Waals surface area (Å²) in [5.41, 5.74) is 9.21. The average molecular weight is 596 g/mol. The molecule has 0 aliphatic rings. The van der Waals surface area contributed by atoms with E-state index in [9.17, 15) is 9.18 Å². The molecule has 0 aliphatic heterocycles. The Hall–Kier alpha value is -2.16. The van der Waals surface area contributed by atoms with E-state index in [2.05, 4.69) is 10.6 Å². The summed E-state index contributed by atoms with van der Waals surface area (Å²) < 4.78 is 13.7. The summed E-state index contributed by atoms with van der Waals surface area (Å²) in [5, 5.41) is 6.40. The van der Waals surface area contributed by atoms with E-state index in [0.29, 0.717) is 18.0 Å². The van der Waals surface area contributed by atoms with Gasteiger partial charge in [0.05, 0.1) is 0 Å². The largest absolute Gasteiger partial charge is 0.338 e. The second-order valence-corrected chi connectivity index (χ2v) is 8.94. The third-order valence-electron chi connectivity index (χ3n) is 5.69. The highest BCUT2D eigenvalue weighted by molar-refractivity contribution is 14.0. The molecule has 0 saturated carbocycles. The van der Waals surface area contributed by atoms with Crippen molar-refractivity contribution in [3.05, 3.63) is 101 Å². The Morgan fingerprint density at radius 1 is 0.912 bits per heavy atom. The fourth-order valence-corrected chi connectivity index (χ4v) is 4.03. The zero-order valence-electron chi connectivity index (χ0n) is 19.1. The van der Waals surface area contributed by atoms with Gasteiger partial charge in [0.2, 0.25) is 0 Å². The normalized spacial score (nSPS) is 12.3. The second-order valence-electron chi connectivity index (χ2n) is 8.50. The summed E-state index contributed by atoms with van der Waals surface area (Å²) in [4.78, 5) is 12.0. The minimum absolute atomic E-state index is 0. The van der Waals surface area contributed by atoms with Crippen LogP contribution in [0.1, 0.15) is 36.8 Å². The molecule has 7 heteroatoms. The van der Waals surface area contributed by atoms with Crippen molar-refractivity contribution in [2.24, 2.45) is 5.73 Å². The minimum atomic E-state index is -0.472. The summed E-state index contributed by atoms with van der Waals surface area (Å²) in [6.45, 7) is 0.561. The van der Waals surface area contributed by atoms with Crippen LogP contribution in [0.4, 0.5) is 14.9 Å². The number of unbranched alkanes of at least 4 members (excludes halogenated alkanes) is 1. The zero-order valence-corrected chi connectivity index (χ0v) is 22.2. The first-order valence-electron chi connectivity index (χ1n) is 11.3. The minimum Gasteiger partial charge on any atom is -0.338 e. The van der Waals surface area contributed by atoms with Crippen molar-refractivity contribution in [2.45, 2.75) is 44.1 Å². The van der Waals surface area contributed by atoms with Crippen molar-refractivity contribution in [2.75, 3.05) is 11.9 Å². The number of hydrogen-bond acceptors (Lipinski definition) is 2. The molecular formula is C27H32ClFIN3O. The molecule has 0 fully saturated rings. The number of hydrogen-bond donors (Lipinski definition) is 3. The van der Waals surface area contributed by atoms with Gasteiger partial charge < -0.3 is 16.4 Å². The molecule has 4 nitrogen and oxygen atoms in total. The Labute approximate surface area is 223 Å². The fraction of sp³-hybridized carbons (Fsp3) is 0.296. The Morgan fingerprint density at radius 2 is 1.65 bits per heavy atom. The number of aryl methyl sites for hydroxylation is 1. The summed E-state index contributed by atoms with van der Waals surface area (Å²) in [5.74, 6) is -0.249. The number of carbonyl (C=O) groups is 1. The molecule has 4 N–H and O–H groups in total. The third kappa shape index (κ3) is 9.99. The number of para-hydroxylation sites is 1. The molecule has 0 bridgehead atoms. The highest BCUT2D eigenvalue weighted by Gasteiger charge is 2.25. The standard InChI is InChI=1S/C27H31ClFN3O.HI/c28-23-13-11-21(12-14-23)15-17-27(30,20-22-7-6-8-24(29)19-22)16-4-5-18-31-26(33)32-25-9-2-1-3-10-25;/h1-3,6-14,19H,4-5,15-18,20,30H2,(H2,31,32,33);1H. The molecule has 1 atom stereocenters. The van der Waals surface area contributed by atoms with E-state index in [1.807, 2.05) is 60.7 Å². The Balaban J connectivity index is 0.00000408. The number of nitrogens with one attached hydrogen (secondary N) is 2. The molecule has 0 spiro atoms. The van der Waals surface area contributed by atoms with Crippen LogP contribution in [0.15, 0.2) is 78.9 Å². The smallest absolute Gasteiger partial charge is 0.319 e. The van der Waals surface area contributed by atoms with Gasteiger partial charge in [0, 0.05) is 22.8 Å². The van der Waals surface area contributed by atoms with Gasteiger partial charge in [-0.15, -0.1) is 24.0 Å². The van der Waals surface area contributed by atoms with E-state index in [-0.39, 0.29) is 35.8 Å². The zero-order chi connectivity index (χ0) is 23.5. The number of urea groups is 1. The molecule has 3 aromatic rings. The molecule has 182 valence electrons. The predicted octanol–water partition coefficient (Wildman–Crippen LogP) is 6.96. The lowest BCUT2D eigenvalue weighted by Crippen LogP contribution is -2.43. The summed E-state index contributed by atoms with van der Waals surface area (Å²) in [6.07, 6.45) is 4.64. The van der Waals surface area contributed by atoms with Gasteiger partial charge in [-0.05, 0) is 86.1 Å². The molecule has 34 heavy (non-hydrogen) atoms. The molecular weight excluding hydrogens is 564 g/mol. The topological polar surface area (TPSA) is 67.1 Å². The maximum atomic E-state index is 13.7. The van der Waals surface area contributed by atoms with Crippen LogP contribution < -0.4 is 16.4 Å². The van der Waals surface area contributed by atoms with Crippen LogP contribution >= 0.6 is 35.6 Å². The van der Waals surface area contributed by atoms with Crippen molar-refractivity contribution in [3.63, 3.8) is 0 Å². The number of amides is 2. The van der Waals surface area contributed by atoms with Gasteiger partial charge in [-0.2, -0.15) is 0 Å². The van der Waals surface area contributed by atoms with Crippen LogP contribution in [-0.2, 0) is 12.8 Å². The van der Waals surface area contributed by atoms with Gasteiger partial charge in [0.15, 0.2) is 0 Å². The Bertz CT molecular complexity index is 1020. The van der Waals surface area contributed by atoms with E-state index < -0.39 is 5.54 Å². The molecule has 1 unspecified atom stereocenters. The third-order valence-corrected chi connectivity index (χ3v) is 5.94. The maximum absolute atomic E-state index is 13.7. The SMILES string of the molecule is I.NC(CCCCNC(=O)Nc1ccccc1)(CCc1ccc(Cl)cc1)Cc1cccc(F)c1. The number of carbonyl (C=O) groups excluding carboxylic acids is 1. The van der Waals surface area contributed by atoms with Gasteiger partial charge in [0.1, 0.15) is 5.82 Å². The molecule has 0 aliphatic carbocycles. The molecule has 2 amide bonds. The monoisotopic (exact) mass is 595 g/mol. The van der Waals surface area contributed by atoms with Crippen LogP contribution in [-0.4, -0.2) is 18.1 Å². The van der Waals surface area contributed by atoms with Gasteiger partial charge >= 0.3 is 6.03 Å². The fourth-order valence-electron chi connectivity index (χ4n) is 3.90. The van der Waals surface area contributed by atoms with Crippen LogP contribution in [0.2, 0.25) is 5.02 Å². The summed E-state index contributed by atoms with van der Waals surface area (Å²) in [6, 6.07) is 23.6. The summed E-state index contributed by atoms with van der Waals surface area (Å²) in [7, 11) is 0. The molecule has 0 heterocycles. The van der Waals surface area contributed by atoms with Gasteiger partial charge in [-0.3, -0.25) is 0 Å². The van der Waals surface area contributed by atoms with E-state index in [4.69, 9.17) is 17.3 Å². The van der Waals surface area contributed by atoms with Crippen molar-refractivity contribution in [1.82, 2.24) is 5.32 Å². The van der Waals surface area contributed by atoms with Crippen molar-refractivity contribution < 1.29 is 9.18 Å². The van der Waals surface area contributed by atoms with E-state index in [1.165, 1.54) is 11.6 Å². The number of benzene rings is 3. The number of rotatable bonds is 11. The summed E-state index contributed by atoms with van der Waals surface area (Å²) >= 11 is 6.00. The average Bonchev–Trinajstić information content (AvgIpc) is 2.79. The van der Waals surface area contributed by atoms with Gasteiger partial charge in [-0.1, -0.05) is 54.1 Å². The molecule has 0 radical (unpaired) electrons. The maximum Gasteiger partial charge on any atom is 0.319 e.